The molecule has 0 bridgehead atoms. The van der Waals surface area contributed by atoms with E-state index < -0.39 is 0 Å². The van der Waals surface area contributed by atoms with Crippen LogP contribution < -0.4 is 5.43 Å². The van der Waals surface area contributed by atoms with E-state index in [2.05, 4.69) is 5.43 Å². The van der Waals surface area contributed by atoms with E-state index in [1.165, 1.54) is 6.42 Å². The van der Waals surface area contributed by atoms with Crippen molar-refractivity contribution in [1.82, 2.24) is 10.6 Å². The molecule has 0 amide bonds. The van der Waals surface area contributed by atoms with Crippen molar-refractivity contribution in [3.63, 3.8) is 0 Å². The standard InChI is InChI=1S/C5H11N2O/c8-7-5-3-1-2-4-6-7/h8H,1-5H2. The van der Waals surface area contributed by atoms with Gasteiger partial charge in [-0.15, -0.1) is 10.6 Å². The second kappa shape index (κ2) is 3.02. The van der Waals surface area contributed by atoms with E-state index in [0.29, 0.717) is 6.54 Å². The van der Waals surface area contributed by atoms with E-state index in [0.717, 1.165) is 24.6 Å². The van der Waals surface area contributed by atoms with Crippen molar-refractivity contribution in [2.45, 2.75) is 19.3 Å². The van der Waals surface area contributed by atoms with Crippen LogP contribution in [0.1, 0.15) is 19.3 Å². The Labute approximate surface area is 49.2 Å². The van der Waals surface area contributed by atoms with Crippen LogP contribution in [0.4, 0.5) is 0 Å². The maximum absolute atomic E-state index is 8.76. The van der Waals surface area contributed by atoms with Crippen LogP contribution in [0, 0.1) is 0 Å². The molecule has 0 spiro atoms. The lowest BCUT2D eigenvalue weighted by Gasteiger charge is -2.07. The smallest absolute Gasteiger partial charge is 0.0415 e. The van der Waals surface area contributed by atoms with Crippen molar-refractivity contribution in [3.8, 4) is 0 Å². The highest BCUT2D eigenvalue weighted by molar-refractivity contribution is 4.50. The third-order valence-electron chi connectivity index (χ3n) is 1.28. The van der Waals surface area contributed by atoms with Gasteiger partial charge in [0.05, 0.1) is 0 Å². The SMILES string of the molecule is ON1CCCCC[N]1. The summed E-state index contributed by atoms with van der Waals surface area (Å²) in [6.45, 7) is 1.50. The van der Waals surface area contributed by atoms with E-state index in [1.807, 2.05) is 0 Å². The van der Waals surface area contributed by atoms with E-state index >= 15 is 0 Å². The molecule has 0 saturated carbocycles. The highest BCUT2D eigenvalue weighted by atomic mass is 16.5. The van der Waals surface area contributed by atoms with Crippen LogP contribution in [-0.4, -0.2) is 23.5 Å². The van der Waals surface area contributed by atoms with Crippen LogP contribution in [0.5, 0.6) is 0 Å². The summed E-state index contributed by atoms with van der Waals surface area (Å²) >= 11 is 0. The quantitative estimate of drug-likeness (QED) is 0.495. The lowest BCUT2D eigenvalue weighted by molar-refractivity contribution is -0.136. The van der Waals surface area contributed by atoms with Crippen LogP contribution in [0.2, 0.25) is 0 Å². The molecule has 1 heterocycles. The highest BCUT2D eigenvalue weighted by Gasteiger charge is 2.04. The van der Waals surface area contributed by atoms with Crippen molar-refractivity contribution in [1.29, 1.82) is 0 Å². The summed E-state index contributed by atoms with van der Waals surface area (Å²) in [5, 5.41) is 9.80. The van der Waals surface area contributed by atoms with Gasteiger partial charge in [-0.25, -0.2) is 0 Å². The summed E-state index contributed by atoms with van der Waals surface area (Å²) in [6, 6.07) is 0. The van der Waals surface area contributed by atoms with Gasteiger partial charge < -0.3 is 0 Å². The molecule has 8 heavy (non-hydrogen) atoms. The summed E-state index contributed by atoms with van der Waals surface area (Å²) in [7, 11) is 0. The molecule has 47 valence electrons. The Morgan fingerprint density at radius 2 is 2.12 bits per heavy atom. The minimum Gasteiger partial charge on any atom is -0.298 e. The Bertz CT molecular complexity index is 59.4. The fourth-order valence-corrected chi connectivity index (χ4v) is 0.799. The van der Waals surface area contributed by atoms with Crippen molar-refractivity contribution in [2.24, 2.45) is 0 Å². The number of hydrogen-bond acceptors (Lipinski definition) is 2. The average Bonchev–Trinajstić information content (AvgIpc) is 1.94. The lowest BCUT2D eigenvalue weighted by atomic mass is 10.2. The van der Waals surface area contributed by atoms with Gasteiger partial charge in [0.2, 0.25) is 0 Å². The van der Waals surface area contributed by atoms with E-state index in [4.69, 9.17) is 5.21 Å². The predicted molar refractivity (Wildman–Crippen MR) is 29.3 cm³/mol. The summed E-state index contributed by atoms with van der Waals surface area (Å²) in [6.07, 6.45) is 3.39. The van der Waals surface area contributed by atoms with Gasteiger partial charge in [0.15, 0.2) is 0 Å². The molecule has 0 aromatic carbocycles. The van der Waals surface area contributed by atoms with Gasteiger partial charge >= 0.3 is 0 Å². The van der Waals surface area contributed by atoms with Crippen LogP contribution in [0.3, 0.4) is 0 Å². The van der Waals surface area contributed by atoms with Gasteiger partial charge in [-0.3, -0.25) is 5.21 Å². The summed E-state index contributed by atoms with van der Waals surface area (Å²) in [5.41, 5.74) is 3.81. The number of nitrogens with zero attached hydrogens (tertiary/aromatic N) is 2. The summed E-state index contributed by atoms with van der Waals surface area (Å²) < 4.78 is 0. The molecule has 1 aliphatic heterocycles. The Morgan fingerprint density at radius 3 is 3.00 bits per heavy atom. The molecule has 1 aliphatic rings. The fourth-order valence-electron chi connectivity index (χ4n) is 0.799. The molecule has 0 aliphatic carbocycles. The van der Waals surface area contributed by atoms with E-state index in [1.54, 1.807) is 0 Å². The topological polar surface area (TPSA) is 37.6 Å². The zero-order chi connectivity index (χ0) is 5.82. The Balaban J connectivity index is 2.17. The van der Waals surface area contributed by atoms with Crippen LogP contribution >= 0.6 is 0 Å². The lowest BCUT2D eigenvalue weighted by Crippen LogP contribution is -2.27. The maximum atomic E-state index is 8.76. The predicted octanol–water partition coefficient (Wildman–Crippen LogP) is 0.381. The zero-order valence-corrected chi connectivity index (χ0v) is 4.88. The van der Waals surface area contributed by atoms with Crippen molar-refractivity contribution in [2.75, 3.05) is 13.1 Å². The largest absolute Gasteiger partial charge is 0.298 e. The Hall–Kier alpha value is -0.120. The number of rotatable bonds is 0. The average molecular weight is 115 g/mol. The fraction of sp³-hybridized carbons (Fsp3) is 1.00. The van der Waals surface area contributed by atoms with E-state index in [-0.39, 0.29) is 0 Å². The second-order valence-corrected chi connectivity index (χ2v) is 2.02. The van der Waals surface area contributed by atoms with Crippen molar-refractivity contribution >= 4 is 0 Å². The van der Waals surface area contributed by atoms with Gasteiger partial charge in [-0.2, -0.15) is 0 Å². The van der Waals surface area contributed by atoms with Gasteiger partial charge in [0.25, 0.3) is 0 Å². The van der Waals surface area contributed by atoms with E-state index in [9.17, 15) is 0 Å². The van der Waals surface area contributed by atoms with Gasteiger partial charge in [-0.05, 0) is 12.8 Å². The van der Waals surface area contributed by atoms with Gasteiger partial charge in [0, 0.05) is 13.1 Å². The first-order valence-electron chi connectivity index (χ1n) is 3.03. The normalized spacial score (nSPS) is 25.1. The summed E-state index contributed by atoms with van der Waals surface area (Å²) in [4.78, 5) is 0. The highest BCUT2D eigenvalue weighted by Crippen LogP contribution is 1.99. The minimum atomic E-state index is 0.708. The summed E-state index contributed by atoms with van der Waals surface area (Å²) in [5.74, 6) is 0. The maximum Gasteiger partial charge on any atom is 0.0415 e. The molecule has 0 atom stereocenters. The molecule has 1 saturated heterocycles. The first-order chi connectivity index (χ1) is 3.89. The van der Waals surface area contributed by atoms with Crippen molar-refractivity contribution < 1.29 is 5.21 Å². The zero-order valence-electron chi connectivity index (χ0n) is 4.88. The molecular formula is C5H11N2O. The molecular weight excluding hydrogens is 104 g/mol. The van der Waals surface area contributed by atoms with Gasteiger partial charge in [0.1, 0.15) is 0 Å². The third-order valence-corrected chi connectivity index (χ3v) is 1.28. The molecule has 0 aromatic heterocycles. The van der Waals surface area contributed by atoms with Crippen LogP contribution in [0.25, 0.3) is 0 Å². The molecule has 3 nitrogen and oxygen atoms in total. The first-order valence-corrected chi connectivity index (χ1v) is 3.03. The number of hydrogen-bond donors (Lipinski definition) is 1. The molecule has 1 rings (SSSR count). The molecule has 1 fully saturated rings. The Kier molecular flexibility index (Phi) is 2.27. The Morgan fingerprint density at radius 1 is 1.25 bits per heavy atom. The van der Waals surface area contributed by atoms with Crippen molar-refractivity contribution in [3.05, 3.63) is 0 Å². The molecule has 0 unspecified atom stereocenters. The molecule has 1 radical (unpaired) electrons. The minimum absolute atomic E-state index is 0.708. The van der Waals surface area contributed by atoms with Crippen LogP contribution in [0.15, 0.2) is 0 Å². The monoisotopic (exact) mass is 115 g/mol. The molecule has 1 N–H and O–H groups in total. The third kappa shape index (κ3) is 1.78. The number of hydroxylamine groups is 1. The molecule has 0 aromatic rings. The first kappa shape index (κ1) is 6.01. The van der Waals surface area contributed by atoms with Crippen LogP contribution in [-0.2, 0) is 0 Å². The molecule has 3 heteroatoms. The second-order valence-electron chi connectivity index (χ2n) is 2.02. The van der Waals surface area contributed by atoms with Gasteiger partial charge in [-0.1, -0.05) is 6.42 Å².